The average molecular weight is 210 g/mol. The molecule has 1 saturated carbocycles. The van der Waals surface area contributed by atoms with Crippen LogP contribution >= 0.6 is 0 Å². The zero-order valence-corrected chi connectivity index (χ0v) is 8.11. The van der Waals surface area contributed by atoms with Crippen LogP contribution in [-0.4, -0.2) is 21.0 Å². The Hall–Kier alpha value is -1.52. The maximum atomic E-state index is 13.3. The Morgan fingerprint density at radius 3 is 2.87 bits per heavy atom. The molecule has 80 valence electrons. The molecular formula is C10H11FN2O2. The molecule has 2 rings (SSSR count). The lowest BCUT2D eigenvalue weighted by Crippen LogP contribution is -2.15. The number of aliphatic carboxylic acids is 1. The summed E-state index contributed by atoms with van der Waals surface area (Å²) in [6.07, 6.45) is 3.77. The van der Waals surface area contributed by atoms with E-state index in [1.54, 1.807) is 0 Å². The normalized spacial score (nSPS) is 16.1. The molecule has 1 aromatic rings. The predicted molar refractivity (Wildman–Crippen MR) is 49.9 cm³/mol. The summed E-state index contributed by atoms with van der Waals surface area (Å²) in [7, 11) is 0. The number of carboxylic acid groups (broad SMARTS) is 1. The molecule has 15 heavy (non-hydrogen) atoms. The van der Waals surface area contributed by atoms with Crippen LogP contribution in [0, 0.1) is 5.82 Å². The van der Waals surface area contributed by atoms with Gasteiger partial charge in [-0.2, -0.15) is 0 Å². The van der Waals surface area contributed by atoms with Crippen LogP contribution in [0.4, 0.5) is 4.39 Å². The minimum Gasteiger partial charge on any atom is -0.481 e. The highest BCUT2D eigenvalue weighted by Crippen LogP contribution is 2.36. The monoisotopic (exact) mass is 210 g/mol. The molecule has 1 aliphatic rings. The molecule has 0 aliphatic heterocycles. The highest BCUT2D eigenvalue weighted by molar-refractivity contribution is 5.68. The van der Waals surface area contributed by atoms with Crippen LogP contribution in [0.25, 0.3) is 0 Å². The van der Waals surface area contributed by atoms with Crippen LogP contribution in [0.3, 0.4) is 0 Å². The van der Waals surface area contributed by atoms with Gasteiger partial charge >= 0.3 is 5.97 Å². The third-order valence-electron chi connectivity index (χ3n) is 2.62. The maximum Gasteiger partial charge on any atom is 0.311 e. The van der Waals surface area contributed by atoms with Gasteiger partial charge in [0, 0.05) is 5.92 Å². The second-order valence-corrected chi connectivity index (χ2v) is 3.72. The summed E-state index contributed by atoms with van der Waals surface area (Å²) in [5.74, 6) is -1.08. The van der Waals surface area contributed by atoms with Crippen LogP contribution in [0.15, 0.2) is 6.20 Å². The van der Waals surface area contributed by atoms with Crippen LogP contribution in [0.1, 0.15) is 36.7 Å². The zero-order chi connectivity index (χ0) is 10.8. The Kier molecular flexibility index (Phi) is 2.62. The highest BCUT2D eigenvalue weighted by atomic mass is 19.1. The largest absolute Gasteiger partial charge is 0.481 e. The smallest absolute Gasteiger partial charge is 0.311 e. The minimum atomic E-state index is -0.999. The van der Waals surface area contributed by atoms with Crippen molar-refractivity contribution in [1.82, 2.24) is 9.97 Å². The lowest BCUT2D eigenvalue weighted by atomic mass is 9.82. The van der Waals surface area contributed by atoms with E-state index < -0.39 is 11.8 Å². The van der Waals surface area contributed by atoms with Crippen molar-refractivity contribution >= 4 is 5.97 Å². The van der Waals surface area contributed by atoms with Crippen molar-refractivity contribution in [3.05, 3.63) is 23.5 Å². The number of nitrogens with zero attached hydrogens (tertiary/aromatic N) is 2. The molecule has 1 heterocycles. The number of carboxylic acids is 1. The molecule has 4 nitrogen and oxygen atoms in total. The average Bonchev–Trinajstić information content (AvgIpc) is 2.07. The Morgan fingerprint density at radius 2 is 2.33 bits per heavy atom. The van der Waals surface area contributed by atoms with Gasteiger partial charge in [0.2, 0.25) is 0 Å². The third kappa shape index (κ3) is 2.11. The Labute approximate surface area is 86.2 Å². The van der Waals surface area contributed by atoms with Gasteiger partial charge in [-0.15, -0.1) is 0 Å². The van der Waals surface area contributed by atoms with Gasteiger partial charge in [-0.1, -0.05) is 6.42 Å². The second kappa shape index (κ2) is 3.92. The van der Waals surface area contributed by atoms with Gasteiger partial charge in [-0.3, -0.25) is 4.79 Å². The Bertz CT molecular complexity index is 391. The summed E-state index contributed by atoms with van der Waals surface area (Å²) >= 11 is 0. The van der Waals surface area contributed by atoms with Gasteiger partial charge in [0.25, 0.3) is 0 Å². The minimum absolute atomic E-state index is 0.153. The molecule has 1 aromatic heterocycles. The molecule has 0 atom stereocenters. The van der Waals surface area contributed by atoms with Crippen molar-refractivity contribution in [3.8, 4) is 0 Å². The number of hydrogen-bond donors (Lipinski definition) is 1. The van der Waals surface area contributed by atoms with Gasteiger partial charge < -0.3 is 5.11 Å². The van der Waals surface area contributed by atoms with Crippen molar-refractivity contribution < 1.29 is 14.3 Å². The lowest BCUT2D eigenvalue weighted by Gasteiger charge is -2.24. The summed E-state index contributed by atoms with van der Waals surface area (Å²) in [6.45, 7) is 0. The third-order valence-corrected chi connectivity index (χ3v) is 2.62. The first-order chi connectivity index (χ1) is 7.16. The van der Waals surface area contributed by atoms with E-state index in [1.165, 1.54) is 0 Å². The predicted octanol–water partition coefficient (Wildman–Crippen LogP) is 1.51. The van der Waals surface area contributed by atoms with Crippen LogP contribution in [0.5, 0.6) is 0 Å². The molecule has 0 saturated heterocycles. The molecule has 0 bridgehead atoms. The summed E-state index contributed by atoms with van der Waals surface area (Å²) in [6, 6.07) is 0. The van der Waals surface area contributed by atoms with E-state index in [1.807, 2.05) is 0 Å². The van der Waals surface area contributed by atoms with Gasteiger partial charge in [-0.05, 0) is 12.8 Å². The number of rotatable bonds is 3. The molecule has 1 aliphatic carbocycles. The number of halogens is 1. The van der Waals surface area contributed by atoms with Gasteiger partial charge in [0.05, 0.1) is 11.9 Å². The van der Waals surface area contributed by atoms with Crippen molar-refractivity contribution in [2.75, 3.05) is 0 Å². The molecule has 1 fully saturated rings. The number of hydrogen-bond acceptors (Lipinski definition) is 3. The molecular weight excluding hydrogens is 199 g/mol. The SMILES string of the molecule is O=C(O)Cc1ncc(F)c(C2CCC2)n1. The van der Waals surface area contributed by atoms with E-state index in [-0.39, 0.29) is 18.2 Å². The van der Waals surface area contributed by atoms with E-state index in [4.69, 9.17) is 5.11 Å². The van der Waals surface area contributed by atoms with Gasteiger partial charge in [0.15, 0.2) is 5.82 Å². The zero-order valence-electron chi connectivity index (χ0n) is 8.11. The number of carbonyl (C=O) groups is 1. The van der Waals surface area contributed by atoms with Crippen molar-refractivity contribution in [1.29, 1.82) is 0 Å². The summed E-state index contributed by atoms with van der Waals surface area (Å²) in [4.78, 5) is 18.1. The first-order valence-corrected chi connectivity index (χ1v) is 4.90. The first-order valence-electron chi connectivity index (χ1n) is 4.90. The van der Waals surface area contributed by atoms with E-state index in [0.29, 0.717) is 5.69 Å². The van der Waals surface area contributed by atoms with Crippen molar-refractivity contribution in [3.63, 3.8) is 0 Å². The molecule has 0 spiro atoms. The van der Waals surface area contributed by atoms with E-state index in [2.05, 4.69) is 9.97 Å². The van der Waals surface area contributed by atoms with E-state index in [0.717, 1.165) is 25.5 Å². The van der Waals surface area contributed by atoms with Crippen molar-refractivity contribution in [2.45, 2.75) is 31.6 Å². The first kappa shape index (κ1) is 10.0. The van der Waals surface area contributed by atoms with E-state index in [9.17, 15) is 9.18 Å². The van der Waals surface area contributed by atoms with Gasteiger partial charge in [-0.25, -0.2) is 14.4 Å². The fourth-order valence-corrected chi connectivity index (χ4v) is 1.61. The molecule has 0 aromatic carbocycles. The van der Waals surface area contributed by atoms with Crippen LogP contribution < -0.4 is 0 Å². The molecule has 0 unspecified atom stereocenters. The molecule has 5 heteroatoms. The molecule has 1 N–H and O–H groups in total. The summed E-state index contributed by atoms with van der Waals surface area (Å²) < 4.78 is 13.3. The van der Waals surface area contributed by atoms with Gasteiger partial charge in [0.1, 0.15) is 12.2 Å². The van der Waals surface area contributed by atoms with Crippen molar-refractivity contribution in [2.24, 2.45) is 0 Å². The topological polar surface area (TPSA) is 63.1 Å². The maximum absolute atomic E-state index is 13.3. The summed E-state index contributed by atoms with van der Waals surface area (Å²) in [5.41, 5.74) is 0.382. The Balaban J connectivity index is 2.23. The highest BCUT2D eigenvalue weighted by Gasteiger charge is 2.24. The van der Waals surface area contributed by atoms with Crippen LogP contribution in [0.2, 0.25) is 0 Å². The number of aromatic nitrogens is 2. The summed E-state index contributed by atoms with van der Waals surface area (Å²) in [5, 5.41) is 8.56. The Morgan fingerprint density at radius 1 is 1.60 bits per heavy atom. The quantitative estimate of drug-likeness (QED) is 0.821. The second-order valence-electron chi connectivity index (χ2n) is 3.72. The lowest BCUT2D eigenvalue weighted by molar-refractivity contribution is -0.136. The van der Waals surface area contributed by atoms with Crippen LogP contribution in [-0.2, 0) is 11.2 Å². The molecule has 0 amide bonds. The fourth-order valence-electron chi connectivity index (χ4n) is 1.61. The fraction of sp³-hybridized carbons (Fsp3) is 0.500. The standard InChI is InChI=1S/C10H11FN2O2/c11-7-5-12-8(4-9(14)15)13-10(7)6-2-1-3-6/h5-6H,1-4H2,(H,14,15). The van der Waals surface area contributed by atoms with E-state index >= 15 is 0 Å². The molecule has 0 radical (unpaired) electrons.